The molecule has 0 saturated carbocycles. The number of rotatable bonds is 2. The van der Waals surface area contributed by atoms with E-state index in [4.69, 9.17) is 11.6 Å². The number of halogens is 2. The fourth-order valence-corrected chi connectivity index (χ4v) is 3.03. The molecule has 1 aliphatic rings. The number of benzene rings is 2. The summed E-state index contributed by atoms with van der Waals surface area (Å²) in [5.74, 6) is -0.819. The standard InChI is InChI=1S/C18H16ClFN2O2/c1-12-17(23)22(14-8-6-13(20)7-9-14)11-10-21(12)18(24)15-4-2-3-5-16(15)19/h2-9,12H,10-11H2,1H3/t12-/m0/s1. The number of anilines is 1. The molecule has 1 atom stereocenters. The van der Waals surface area contributed by atoms with Crippen LogP contribution in [-0.4, -0.2) is 35.8 Å². The number of hydrogen-bond donors (Lipinski definition) is 0. The van der Waals surface area contributed by atoms with Gasteiger partial charge in [0.25, 0.3) is 5.91 Å². The second-order valence-electron chi connectivity index (χ2n) is 5.62. The number of amides is 2. The zero-order chi connectivity index (χ0) is 17.3. The molecule has 2 amide bonds. The van der Waals surface area contributed by atoms with Crippen molar-refractivity contribution in [1.82, 2.24) is 4.90 Å². The molecule has 1 fully saturated rings. The predicted octanol–water partition coefficient (Wildman–Crippen LogP) is 3.36. The maximum Gasteiger partial charge on any atom is 0.256 e. The lowest BCUT2D eigenvalue weighted by atomic mass is 10.1. The molecule has 0 spiro atoms. The van der Waals surface area contributed by atoms with Crippen LogP contribution < -0.4 is 4.90 Å². The quantitative estimate of drug-likeness (QED) is 0.836. The fourth-order valence-electron chi connectivity index (χ4n) is 2.81. The van der Waals surface area contributed by atoms with Gasteiger partial charge in [-0.05, 0) is 43.3 Å². The van der Waals surface area contributed by atoms with Crippen molar-refractivity contribution in [2.24, 2.45) is 0 Å². The molecule has 2 aromatic rings. The molecule has 0 N–H and O–H groups in total. The highest BCUT2D eigenvalue weighted by Crippen LogP contribution is 2.24. The van der Waals surface area contributed by atoms with E-state index < -0.39 is 6.04 Å². The van der Waals surface area contributed by atoms with Gasteiger partial charge in [0, 0.05) is 18.8 Å². The predicted molar refractivity (Wildman–Crippen MR) is 90.7 cm³/mol. The highest BCUT2D eigenvalue weighted by molar-refractivity contribution is 6.33. The van der Waals surface area contributed by atoms with E-state index in [1.807, 2.05) is 0 Å². The molecule has 3 rings (SSSR count). The molecule has 4 nitrogen and oxygen atoms in total. The summed E-state index contributed by atoms with van der Waals surface area (Å²) in [6.45, 7) is 2.42. The first kappa shape index (κ1) is 16.5. The largest absolute Gasteiger partial charge is 0.325 e. The SMILES string of the molecule is C[C@H]1C(=O)N(c2ccc(F)cc2)CCN1C(=O)c1ccccc1Cl. The van der Waals surface area contributed by atoms with Crippen LogP contribution in [0.25, 0.3) is 0 Å². The van der Waals surface area contributed by atoms with E-state index in [1.54, 1.807) is 48.2 Å². The number of carbonyl (C=O) groups excluding carboxylic acids is 2. The van der Waals surface area contributed by atoms with Crippen LogP contribution in [-0.2, 0) is 4.79 Å². The van der Waals surface area contributed by atoms with Gasteiger partial charge in [-0.2, -0.15) is 0 Å². The monoisotopic (exact) mass is 346 g/mol. The molecule has 0 radical (unpaired) electrons. The van der Waals surface area contributed by atoms with Gasteiger partial charge in [-0.3, -0.25) is 9.59 Å². The van der Waals surface area contributed by atoms with Crippen molar-refractivity contribution >= 4 is 29.1 Å². The molecule has 0 aliphatic carbocycles. The topological polar surface area (TPSA) is 40.6 Å². The molecule has 1 saturated heterocycles. The Morgan fingerprint density at radius 1 is 1.12 bits per heavy atom. The number of piperazine rings is 1. The number of carbonyl (C=O) groups is 2. The van der Waals surface area contributed by atoms with Gasteiger partial charge in [0.1, 0.15) is 11.9 Å². The van der Waals surface area contributed by atoms with Crippen molar-refractivity contribution in [3.8, 4) is 0 Å². The second kappa shape index (κ2) is 6.61. The van der Waals surface area contributed by atoms with E-state index in [-0.39, 0.29) is 17.6 Å². The highest BCUT2D eigenvalue weighted by Gasteiger charge is 2.35. The number of hydrogen-bond acceptors (Lipinski definition) is 2. The van der Waals surface area contributed by atoms with Crippen molar-refractivity contribution in [3.63, 3.8) is 0 Å². The minimum absolute atomic E-state index is 0.201. The fraction of sp³-hybridized carbons (Fsp3) is 0.222. The van der Waals surface area contributed by atoms with Gasteiger partial charge in [-0.25, -0.2) is 4.39 Å². The molecule has 6 heteroatoms. The first-order valence-corrected chi connectivity index (χ1v) is 7.99. The van der Waals surface area contributed by atoms with Gasteiger partial charge >= 0.3 is 0 Å². The average molecular weight is 347 g/mol. The van der Waals surface area contributed by atoms with Crippen molar-refractivity contribution in [2.75, 3.05) is 18.0 Å². The summed E-state index contributed by atoms with van der Waals surface area (Å²) in [5, 5.41) is 0.364. The first-order chi connectivity index (χ1) is 11.5. The first-order valence-electron chi connectivity index (χ1n) is 7.61. The summed E-state index contributed by atoms with van der Waals surface area (Å²) < 4.78 is 13.1. The Labute approximate surface area is 144 Å². The Bertz CT molecular complexity index is 779. The van der Waals surface area contributed by atoms with E-state index in [0.717, 1.165) is 0 Å². The zero-order valence-corrected chi connectivity index (χ0v) is 13.8. The lowest BCUT2D eigenvalue weighted by molar-refractivity contribution is -0.124. The third-order valence-electron chi connectivity index (χ3n) is 4.16. The van der Waals surface area contributed by atoms with Crippen LogP contribution in [0.5, 0.6) is 0 Å². The zero-order valence-electron chi connectivity index (χ0n) is 13.1. The number of nitrogens with zero attached hydrogens (tertiary/aromatic N) is 2. The maximum absolute atomic E-state index is 13.1. The van der Waals surface area contributed by atoms with Crippen LogP contribution in [0.2, 0.25) is 5.02 Å². The molecule has 24 heavy (non-hydrogen) atoms. The summed E-state index contributed by atoms with van der Waals surface area (Å²) in [4.78, 5) is 28.4. The second-order valence-corrected chi connectivity index (χ2v) is 6.03. The molecular weight excluding hydrogens is 331 g/mol. The Kier molecular flexibility index (Phi) is 4.53. The van der Waals surface area contributed by atoms with Crippen molar-refractivity contribution < 1.29 is 14.0 Å². The Balaban J connectivity index is 1.81. The summed E-state index contributed by atoms with van der Waals surface area (Å²) in [5.41, 5.74) is 1.01. The van der Waals surface area contributed by atoms with Crippen LogP contribution in [0, 0.1) is 5.82 Å². The van der Waals surface area contributed by atoms with Gasteiger partial charge in [0.2, 0.25) is 5.91 Å². The maximum atomic E-state index is 13.1. The van der Waals surface area contributed by atoms with Gasteiger partial charge in [-0.1, -0.05) is 23.7 Å². The molecule has 0 bridgehead atoms. The van der Waals surface area contributed by atoms with Crippen molar-refractivity contribution in [3.05, 3.63) is 64.9 Å². The Morgan fingerprint density at radius 3 is 2.46 bits per heavy atom. The molecule has 1 aliphatic heterocycles. The third kappa shape index (κ3) is 2.99. The van der Waals surface area contributed by atoms with E-state index >= 15 is 0 Å². The van der Waals surface area contributed by atoms with E-state index in [0.29, 0.717) is 29.4 Å². The van der Waals surface area contributed by atoms with Gasteiger partial charge in [-0.15, -0.1) is 0 Å². The van der Waals surface area contributed by atoms with E-state index in [1.165, 1.54) is 17.0 Å². The summed E-state index contributed by atoms with van der Waals surface area (Å²) >= 11 is 6.08. The summed E-state index contributed by atoms with van der Waals surface area (Å²) in [7, 11) is 0. The Hall–Kier alpha value is -2.40. The van der Waals surface area contributed by atoms with Gasteiger partial charge in [0.15, 0.2) is 0 Å². The molecular formula is C18H16ClFN2O2. The molecule has 124 valence electrons. The normalized spacial score (nSPS) is 18.0. The van der Waals surface area contributed by atoms with E-state index in [9.17, 15) is 14.0 Å². The van der Waals surface area contributed by atoms with E-state index in [2.05, 4.69) is 0 Å². The van der Waals surface area contributed by atoms with Gasteiger partial charge < -0.3 is 9.80 Å². The molecule has 0 unspecified atom stereocenters. The minimum Gasteiger partial charge on any atom is -0.325 e. The lowest BCUT2D eigenvalue weighted by Gasteiger charge is -2.39. The van der Waals surface area contributed by atoms with Crippen molar-refractivity contribution in [1.29, 1.82) is 0 Å². The minimum atomic E-state index is -0.618. The van der Waals surface area contributed by atoms with Crippen molar-refractivity contribution in [2.45, 2.75) is 13.0 Å². The van der Waals surface area contributed by atoms with Crippen LogP contribution >= 0.6 is 11.6 Å². The molecule has 2 aromatic carbocycles. The van der Waals surface area contributed by atoms with Crippen LogP contribution in [0.4, 0.5) is 10.1 Å². The third-order valence-corrected chi connectivity index (χ3v) is 4.49. The lowest BCUT2D eigenvalue weighted by Crippen LogP contribution is -2.57. The molecule has 1 heterocycles. The average Bonchev–Trinajstić information content (AvgIpc) is 2.58. The Morgan fingerprint density at radius 2 is 1.79 bits per heavy atom. The highest BCUT2D eigenvalue weighted by atomic mass is 35.5. The molecule has 0 aromatic heterocycles. The van der Waals surface area contributed by atoms with Crippen LogP contribution in [0.3, 0.4) is 0 Å². The summed E-state index contributed by atoms with van der Waals surface area (Å²) in [6, 6.07) is 11.9. The van der Waals surface area contributed by atoms with Crippen LogP contribution in [0.15, 0.2) is 48.5 Å². The summed E-state index contributed by atoms with van der Waals surface area (Å²) in [6.07, 6.45) is 0. The van der Waals surface area contributed by atoms with Crippen LogP contribution in [0.1, 0.15) is 17.3 Å². The van der Waals surface area contributed by atoms with Gasteiger partial charge in [0.05, 0.1) is 10.6 Å². The smallest absolute Gasteiger partial charge is 0.256 e.